The molecule has 2 rings (SSSR count). The molecular formula is C25H31NO5. The molecule has 0 atom stereocenters. The third kappa shape index (κ3) is 6.35. The van der Waals surface area contributed by atoms with Crippen molar-refractivity contribution in [2.45, 2.75) is 40.7 Å². The molecule has 0 N–H and O–H groups in total. The molecule has 0 heterocycles. The molecule has 0 aromatic heterocycles. The Morgan fingerprint density at radius 1 is 1.06 bits per heavy atom. The van der Waals surface area contributed by atoms with Gasteiger partial charge in [-0.15, -0.1) is 0 Å². The standard InChI is InChI=1S/C25H31NO5/c1-7-12-31-26-19(4)22-13-18(3)24(14-17(22)2)30-15-20-10-8-9-11-21(20)23(16-28-5)25(27)29-6/h8-11,13-14,16H,7,12,15H2,1-6H3. The number of hydrogen-bond acceptors (Lipinski definition) is 6. The van der Waals surface area contributed by atoms with Gasteiger partial charge in [-0.05, 0) is 61.6 Å². The van der Waals surface area contributed by atoms with E-state index in [0.29, 0.717) is 24.4 Å². The van der Waals surface area contributed by atoms with Crippen molar-refractivity contribution in [3.8, 4) is 5.75 Å². The van der Waals surface area contributed by atoms with Crippen LogP contribution in [-0.2, 0) is 25.7 Å². The van der Waals surface area contributed by atoms with E-state index in [-0.39, 0.29) is 0 Å². The topological polar surface area (TPSA) is 66.3 Å². The number of rotatable bonds is 10. The zero-order valence-corrected chi connectivity index (χ0v) is 19.2. The Labute approximate surface area is 184 Å². The van der Waals surface area contributed by atoms with Gasteiger partial charge in [0.2, 0.25) is 0 Å². The van der Waals surface area contributed by atoms with E-state index in [2.05, 4.69) is 11.2 Å². The summed E-state index contributed by atoms with van der Waals surface area (Å²) in [7, 11) is 2.84. The number of oxime groups is 1. The normalized spacial score (nSPS) is 11.8. The summed E-state index contributed by atoms with van der Waals surface area (Å²) in [6, 6.07) is 11.6. The Morgan fingerprint density at radius 3 is 2.48 bits per heavy atom. The Morgan fingerprint density at radius 2 is 1.81 bits per heavy atom. The van der Waals surface area contributed by atoms with Crippen LogP contribution >= 0.6 is 0 Å². The molecule has 2 aromatic carbocycles. The number of benzene rings is 2. The van der Waals surface area contributed by atoms with Gasteiger partial charge in [0.15, 0.2) is 0 Å². The Hall–Kier alpha value is -3.28. The lowest BCUT2D eigenvalue weighted by molar-refractivity contribution is -0.133. The van der Waals surface area contributed by atoms with Gasteiger partial charge in [-0.3, -0.25) is 0 Å². The maximum Gasteiger partial charge on any atom is 0.341 e. The lowest BCUT2D eigenvalue weighted by atomic mass is 10.0. The number of carbonyl (C=O) groups is 1. The summed E-state index contributed by atoms with van der Waals surface area (Å²) in [5.74, 6) is 0.305. The van der Waals surface area contributed by atoms with Gasteiger partial charge in [0.05, 0.1) is 26.2 Å². The SMILES string of the molecule is CCCON=C(C)c1cc(C)c(OCc2ccccc2C(=COC)C(=O)OC)cc1C. The monoisotopic (exact) mass is 425 g/mol. The highest BCUT2D eigenvalue weighted by Crippen LogP contribution is 2.27. The fourth-order valence-corrected chi connectivity index (χ4v) is 3.13. The summed E-state index contributed by atoms with van der Waals surface area (Å²) in [6.07, 6.45) is 2.30. The van der Waals surface area contributed by atoms with Crippen molar-refractivity contribution < 1.29 is 23.8 Å². The summed E-state index contributed by atoms with van der Waals surface area (Å²) < 4.78 is 16.1. The van der Waals surface area contributed by atoms with E-state index in [0.717, 1.165) is 40.1 Å². The van der Waals surface area contributed by atoms with E-state index >= 15 is 0 Å². The second-order valence-corrected chi connectivity index (χ2v) is 7.15. The predicted molar refractivity (Wildman–Crippen MR) is 122 cm³/mol. The Balaban J connectivity index is 2.26. The van der Waals surface area contributed by atoms with Crippen LogP contribution in [0, 0.1) is 13.8 Å². The first-order valence-corrected chi connectivity index (χ1v) is 10.2. The van der Waals surface area contributed by atoms with Crippen molar-refractivity contribution in [3.63, 3.8) is 0 Å². The largest absolute Gasteiger partial charge is 0.503 e. The second-order valence-electron chi connectivity index (χ2n) is 7.15. The molecule has 0 amide bonds. The average Bonchev–Trinajstić information content (AvgIpc) is 2.77. The number of carbonyl (C=O) groups excluding carboxylic acids is 1. The van der Waals surface area contributed by atoms with Crippen LogP contribution in [0.2, 0.25) is 0 Å². The first kappa shape index (κ1) is 24.0. The number of aryl methyl sites for hydroxylation is 2. The van der Waals surface area contributed by atoms with Crippen LogP contribution in [0.25, 0.3) is 5.57 Å². The molecular weight excluding hydrogens is 394 g/mol. The third-order valence-corrected chi connectivity index (χ3v) is 4.74. The fourth-order valence-electron chi connectivity index (χ4n) is 3.13. The van der Waals surface area contributed by atoms with Crippen LogP contribution in [0.5, 0.6) is 5.75 Å². The molecule has 0 spiro atoms. The van der Waals surface area contributed by atoms with Gasteiger partial charge in [0.25, 0.3) is 0 Å². The van der Waals surface area contributed by atoms with Crippen LogP contribution < -0.4 is 4.74 Å². The van der Waals surface area contributed by atoms with Gasteiger partial charge >= 0.3 is 5.97 Å². The highest BCUT2D eigenvalue weighted by atomic mass is 16.6. The van der Waals surface area contributed by atoms with Crippen LogP contribution in [-0.4, -0.2) is 32.5 Å². The molecule has 2 aromatic rings. The molecule has 0 bridgehead atoms. The van der Waals surface area contributed by atoms with Crippen molar-refractivity contribution in [1.82, 2.24) is 0 Å². The Kier molecular flexibility index (Phi) is 9.13. The number of methoxy groups -OCH3 is 2. The molecule has 166 valence electrons. The van der Waals surface area contributed by atoms with Crippen LogP contribution in [0.1, 0.15) is 48.1 Å². The molecule has 0 aliphatic heterocycles. The first-order chi connectivity index (χ1) is 14.9. The lowest BCUT2D eigenvalue weighted by Crippen LogP contribution is -2.09. The number of ether oxygens (including phenoxy) is 3. The van der Waals surface area contributed by atoms with Crippen LogP contribution in [0.4, 0.5) is 0 Å². The molecule has 0 aliphatic rings. The zero-order chi connectivity index (χ0) is 22.8. The van der Waals surface area contributed by atoms with Crippen molar-refractivity contribution in [2.75, 3.05) is 20.8 Å². The van der Waals surface area contributed by atoms with Crippen LogP contribution in [0.15, 0.2) is 47.8 Å². The molecule has 6 heteroatoms. The minimum Gasteiger partial charge on any atom is -0.503 e. The van der Waals surface area contributed by atoms with Crippen molar-refractivity contribution in [3.05, 3.63) is 70.5 Å². The van der Waals surface area contributed by atoms with E-state index in [1.807, 2.05) is 58.0 Å². The Bertz CT molecular complexity index is 962. The molecule has 0 radical (unpaired) electrons. The molecule has 0 unspecified atom stereocenters. The summed E-state index contributed by atoms with van der Waals surface area (Å²) in [5.41, 5.74) is 5.79. The van der Waals surface area contributed by atoms with Crippen molar-refractivity contribution in [2.24, 2.45) is 5.16 Å². The first-order valence-electron chi connectivity index (χ1n) is 10.2. The minimum atomic E-state index is -0.467. The highest BCUT2D eigenvalue weighted by Gasteiger charge is 2.17. The molecule has 0 aliphatic carbocycles. The molecule has 31 heavy (non-hydrogen) atoms. The number of nitrogens with zero attached hydrogens (tertiary/aromatic N) is 1. The molecule has 0 saturated carbocycles. The quantitative estimate of drug-likeness (QED) is 0.131. The number of hydrogen-bond donors (Lipinski definition) is 0. The molecule has 0 saturated heterocycles. The van der Waals surface area contributed by atoms with Gasteiger partial charge in [0.1, 0.15) is 24.5 Å². The highest BCUT2D eigenvalue weighted by molar-refractivity contribution is 6.16. The van der Waals surface area contributed by atoms with E-state index in [9.17, 15) is 4.79 Å². The third-order valence-electron chi connectivity index (χ3n) is 4.74. The van der Waals surface area contributed by atoms with Gasteiger partial charge in [-0.1, -0.05) is 36.3 Å². The van der Waals surface area contributed by atoms with E-state index < -0.39 is 5.97 Å². The van der Waals surface area contributed by atoms with Gasteiger partial charge in [0, 0.05) is 5.56 Å². The van der Waals surface area contributed by atoms with E-state index in [1.165, 1.54) is 20.5 Å². The second kappa shape index (κ2) is 11.8. The van der Waals surface area contributed by atoms with Crippen molar-refractivity contribution >= 4 is 17.3 Å². The zero-order valence-electron chi connectivity index (χ0n) is 19.2. The number of esters is 1. The maximum atomic E-state index is 12.2. The summed E-state index contributed by atoms with van der Waals surface area (Å²) in [6.45, 7) is 8.89. The summed E-state index contributed by atoms with van der Waals surface area (Å²) in [5, 5.41) is 4.20. The minimum absolute atomic E-state index is 0.292. The average molecular weight is 426 g/mol. The molecule has 0 fully saturated rings. The predicted octanol–water partition coefficient (Wildman–Crippen LogP) is 5.19. The summed E-state index contributed by atoms with van der Waals surface area (Å²) in [4.78, 5) is 17.5. The van der Waals surface area contributed by atoms with Gasteiger partial charge in [-0.25, -0.2) is 4.79 Å². The lowest BCUT2D eigenvalue weighted by Gasteiger charge is -2.16. The van der Waals surface area contributed by atoms with E-state index in [4.69, 9.17) is 19.0 Å². The fraction of sp³-hybridized carbons (Fsp3) is 0.360. The van der Waals surface area contributed by atoms with Crippen molar-refractivity contribution in [1.29, 1.82) is 0 Å². The smallest absolute Gasteiger partial charge is 0.341 e. The van der Waals surface area contributed by atoms with E-state index in [1.54, 1.807) is 0 Å². The molecule has 6 nitrogen and oxygen atoms in total. The maximum absolute atomic E-state index is 12.2. The summed E-state index contributed by atoms with van der Waals surface area (Å²) >= 11 is 0. The van der Waals surface area contributed by atoms with Gasteiger partial charge in [-0.2, -0.15) is 0 Å². The van der Waals surface area contributed by atoms with Crippen LogP contribution in [0.3, 0.4) is 0 Å². The van der Waals surface area contributed by atoms with Gasteiger partial charge < -0.3 is 19.0 Å².